The monoisotopic (exact) mass is 242 g/mol. The van der Waals surface area contributed by atoms with Crippen LogP contribution in [0.15, 0.2) is 6.20 Å². The van der Waals surface area contributed by atoms with E-state index in [1.54, 1.807) is 0 Å². The highest BCUT2D eigenvalue weighted by Crippen LogP contribution is 2.27. The largest absolute Gasteiger partial charge is 0.477 e. The number of aromatic carboxylic acids is 1. The van der Waals surface area contributed by atoms with E-state index >= 15 is 0 Å². The van der Waals surface area contributed by atoms with Gasteiger partial charge in [-0.05, 0) is 18.8 Å². The number of carboxylic acid groups (broad SMARTS) is 1. The number of carboxylic acids is 1. The minimum Gasteiger partial charge on any atom is -0.477 e. The number of carbonyl (C=O) groups is 1. The van der Waals surface area contributed by atoms with Crippen molar-refractivity contribution in [3.63, 3.8) is 0 Å². The average Bonchev–Trinajstić information content (AvgIpc) is 2.78. The van der Waals surface area contributed by atoms with Crippen molar-refractivity contribution < 1.29 is 15.0 Å². The van der Waals surface area contributed by atoms with Crippen LogP contribution in [0.4, 0.5) is 5.13 Å². The molecular formula is C10H14N2O3S. The van der Waals surface area contributed by atoms with E-state index < -0.39 is 5.97 Å². The number of aliphatic hydroxyl groups excluding tert-OH is 1. The van der Waals surface area contributed by atoms with Crippen molar-refractivity contribution in [3.8, 4) is 0 Å². The van der Waals surface area contributed by atoms with Gasteiger partial charge in [-0.1, -0.05) is 11.3 Å². The summed E-state index contributed by atoms with van der Waals surface area (Å²) in [6.07, 6.45) is 3.45. The lowest BCUT2D eigenvalue weighted by Crippen LogP contribution is -2.36. The minimum atomic E-state index is -0.931. The van der Waals surface area contributed by atoms with Crippen LogP contribution >= 0.6 is 11.3 Å². The summed E-state index contributed by atoms with van der Waals surface area (Å²) in [7, 11) is 0. The van der Waals surface area contributed by atoms with Crippen LogP contribution in [-0.2, 0) is 0 Å². The molecule has 0 bridgehead atoms. The van der Waals surface area contributed by atoms with Gasteiger partial charge in [-0.3, -0.25) is 0 Å². The number of nitrogens with zero attached hydrogens (tertiary/aromatic N) is 2. The molecule has 0 radical (unpaired) electrons. The lowest BCUT2D eigenvalue weighted by atomic mass is 10.00. The van der Waals surface area contributed by atoms with Crippen molar-refractivity contribution in [1.82, 2.24) is 4.98 Å². The van der Waals surface area contributed by atoms with Gasteiger partial charge in [0.05, 0.1) is 6.20 Å². The Morgan fingerprint density at radius 1 is 1.69 bits per heavy atom. The summed E-state index contributed by atoms with van der Waals surface area (Å²) in [6.45, 7) is 1.85. The van der Waals surface area contributed by atoms with Crippen LogP contribution in [-0.4, -0.2) is 40.9 Å². The molecule has 0 spiro atoms. The van der Waals surface area contributed by atoms with Crippen molar-refractivity contribution in [1.29, 1.82) is 0 Å². The topological polar surface area (TPSA) is 73.7 Å². The molecule has 1 fully saturated rings. The maximum absolute atomic E-state index is 10.7. The van der Waals surface area contributed by atoms with Crippen LogP contribution in [0.1, 0.15) is 22.5 Å². The quantitative estimate of drug-likeness (QED) is 0.828. The average molecular weight is 242 g/mol. The van der Waals surface area contributed by atoms with Crippen LogP contribution in [0.2, 0.25) is 0 Å². The summed E-state index contributed by atoms with van der Waals surface area (Å²) in [4.78, 5) is 17.2. The fourth-order valence-corrected chi connectivity index (χ4v) is 2.69. The first kappa shape index (κ1) is 11.3. The summed E-state index contributed by atoms with van der Waals surface area (Å²) in [5.74, 6) is -0.648. The van der Waals surface area contributed by atoms with Gasteiger partial charge in [-0.25, -0.2) is 9.78 Å². The lowest BCUT2D eigenvalue weighted by Gasteiger charge is -2.31. The van der Waals surface area contributed by atoms with Gasteiger partial charge in [-0.15, -0.1) is 0 Å². The van der Waals surface area contributed by atoms with Crippen LogP contribution in [0, 0.1) is 5.92 Å². The zero-order valence-electron chi connectivity index (χ0n) is 8.80. The van der Waals surface area contributed by atoms with Crippen LogP contribution < -0.4 is 4.90 Å². The molecule has 0 amide bonds. The van der Waals surface area contributed by atoms with E-state index in [2.05, 4.69) is 9.88 Å². The molecule has 2 heterocycles. The number of aromatic nitrogens is 1. The van der Waals surface area contributed by atoms with E-state index in [0.717, 1.165) is 31.1 Å². The number of thiazole rings is 1. The maximum atomic E-state index is 10.7. The smallest absolute Gasteiger partial charge is 0.347 e. The molecule has 0 saturated carbocycles. The fourth-order valence-electron chi connectivity index (χ4n) is 1.90. The van der Waals surface area contributed by atoms with Crippen LogP contribution in [0.3, 0.4) is 0 Å². The van der Waals surface area contributed by atoms with E-state index in [9.17, 15) is 4.79 Å². The minimum absolute atomic E-state index is 0.188. The third kappa shape index (κ3) is 2.33. The van der Waals surface area contributed by atoms with E-state index in [4.69, 9.17) is 10.2 Å². The van der Waals surface area contributed by atoms with Crippen LogP contribution in [0.5, 0.6) is 0 Å². The lowest BCUT2D eigenvalue weighted by molar-refractivity contribution is 0.0702. The Morgan fingerprint density at radius 3 is 3.12 bits per heavy atom. The predicted molar refractivity (Wildman–Crippen MR) is 61.1 cm³/mol. The molecule has 88 valence electrons. The Kier molecular flexibility index (Phi) is 3.40. The maximum Gasteiger partial charge on any atom is 0.347 e. The Balaban J connectivity index is 2.08. The normalized spacial score (nSPS) is 21.1. The van der Waals surface area contributed by atoms with E-state index in [1.165, 1.54) is 17.5 Å². The summed E-state index contributed by atoms with van der Waals surface area (Å²) < 4.78 is 0. The van der Waals surface area contributed by atoms with Crippen molar-refractivity contribution in [2.45, 2.75) is 12.8 Å². The third-order valence-corrected chi connectivity index (χ3v) is 3.80. The molecule has 2 N–H and O–H groups in total. The van der Waals surface area contributed by atoms with Gasteiger partial charge in [0.15, 0.2) is 5.13 Å². The first-order valence-corrected chi connectivity index (χ1v) is 6.07. The fraction of sp³-hybridized carbons (Fsp3) is 0.600. The highest BCUT2D eigenvalue weighted by atomic mass is 32.1. The summed E-state index contributed by atoms with van der Waals surface area (Å²) in [6, 6.07) is 0. The molecule has 1 aromatic heterocycles. The zero-order chi connectivity index (χ0) is 11.5. The molecule has 1 saturated heterocycles. The van der Waals surface area contributed by atoms with Gasteiger partial charge in [0.2, 0.25) is 0 Å². The van der Waals surface area contributed by atoms with Gasteiger partial charge >= 0.3 is 5.97 Å². The van der Waals surface area contributed by atoms with Crippen molar-refractivity contribution in [2.75, 3.05) is 24.6 Å². The highest BCUT2D eigenvalue weighted by Gasteiger charge is 2.22. The van der Waals surface area contributed by atoms with Crippen molar-refractivity contribution in [3.05, 3.63) is 11.1 Å². The first-order chi connectivity index (χ1) is 7.70. The van der Waals surface area contributed by atoms with E-state index in [0.29, 0.717) is 0 Å². The molecule has 1 aliphatic heterocycles. The molecule has 16 heavy (non-hydrogen) atoms. The van der Waals surface area contributed by atoms with E-state index in [1.807, 2.05) is 0 Å². The molecule has 1 aliphatic rings. The summed E-state index contributed by atoms with van der Waals surface area (Å²) >= 11 is 1.19. The van der Waals surface area contributed by atoms with E-state index in [-0.39, 0.29) is 17.4 Å². The second-order valence-electron chi connectivity index (χ2n) is 3.95. The predicted octanol–water partition coefficient (Wildman–Crippen LogP) is 1.05. The Labute approximate surface area is 97.4 Å². The number of aliphatic hydroxyl groups is 1. The number of rotatable bonds is 3. The second-order valence-corrected chi connectivity index (χ2v) is 4.96. The molecule has 0 aromatic carbocycles. The molecular weight excluding hydrogens is 228 g/mol. The summed E-state index contributed by atoms with van der Waals surface area (Å²) in [5, 5.41) is 18.7. The second kappa shape index (κ2) is 4.80. The Morgan fingerprint density at radius 2 is 2.50 bits per heavy atom. The standard InChI is InChI=1S/C10H14N2O3S/c13-6-7-2-1-3-12(5-7)10-11-4-8(16-10)9(14)15/h4,7,13H,1-3,5-6H2,(H,14,15). The van der Waals surface area contributed by atoms with Gasteiger partial charge in [0, 0.05) is 19.7 Å². The van der Waals surface area contributed by atoms with Gasteiger partial charge in [0.25, 0.3) is 0 Å². The molecule has 0 aliphatic carbocycles. The first-order valence-electron chi connectivity index (χ1n) is 5.25. The molecule has 1 atom stereocenters. The van der Waals surface area contributed by atoms with Gasteiger partial charge < -0.3 is 15.1 Å². The molecule has 1 unspecified atom stereocenters. The third-order valence-electron chi connectivity index (χ3n) is 2.75. The highest BCUT2D eigenvalue weighted by molar-refractivity contribution is 7.17. The molecule has 2 rings (SSSR count). The molecule has 5 nitrogen and oxygen atoms in total. The SMILES string of the molecule is O=C(O)c1cnc(N2CCCC(CO)C2)s1. The Hall–Kier alpha value is -1.14. The number of hydrogen-bond donors (Lipinski definition) is 2. The zero-order valence-corrected chi connectivity index (χ0v) is 9.61. The van der Waals surface area contributed by atoms with Crippen LogP contribution in [0.25, 0.3) is 0 Å². The van der Waals surface area contributed by atoms with Gasteiger partial charge in [0.1, 0.15) is 4.88 Å². The molecule has 1 aromatic rings. The Bertz CT molecular complexity index is 380. The molecule has 6 heteroatoms. The summed E-state index contributed by atoms with van der Waals surface area (Å²) in [5.41, 5.74) is 0. The number of piperidine rings is 1. The van der Waals surface area contributed by atoms with Crippen molar-refractivity contribution in [2.24, 2.45) is 5.92 Å². The number of hydrogen-bond acceptors (Lipinski definition) is 5. The number of anilines is 1. The van der Waals surface area contributed by atoms with Crippen molar-refractivity contribution >= 4 is 22.4 Å². The van der Waals surface area contributed by atoms with Gasteiger partial charge in [-0.2, -0.15) is 0 Å².